The molecule has 0 saturated heterocycles. The lowest BCUT2D eigenvalue weighted by Gasteiger charge is -2.33. The fraction of sp³-hybridized carbons (Fsp3) is 0.667. The Bertz CT molecular complexity index is 793. The van der Waals surface area contributed by atoms with E-state index < -0.39 is 23.7 Å². The molecule has 1 fully saturated rings. The van der Waals surface area contributed by atoms with Gasteiger partial charge in [-0.25, -0.2) is 0 Å². The molecular formula is C21H30N2O4S. The fourth-order valence-electron chi connectivity index (χ4n) is 4.62. The van der Waals surface area contributed by atoms with Crippen LogP contribution in [0.2, 0.25) is 0 Å². The van der Waals surface area contributed by atoms with Gasteiger partial charge >= 0.3 is 5.97 Å². The van der Waals surface area contributed by atoms with Crippen molar-refractivity contribution in [3.63, 3.8) is 0 Å². The highest BCUT2D eigenvalue weighted by Gasteiger charge is 2.38. The molecule has 1 aromatic rings. The van der Waals surface area contributed by atoms with Crippen molar-refractivity contribution in [3.05, 3.63) is 16.0 Å². The Kier molecular flexibility index (Phi) is 5.84. The summed E-state index contributed by atoms with van der Waals surface area (Å²) in [5.41, 5.74) is 7.22. The zero-order valence-electron chi connectivity index (χ0n) is 16.8. The molecule has 1 saturated carbocycles. The summed E-state index contributed by atoms with van der Waals surface area (Å²) in [5.74, 6) is -2.47. The normalized spacial score (nSPS) is 25.0. The first-order chi connectivity index (χ1) is 13.1. The van der Waals surface area contributed by atoms with Gasteiger partial charge in [-0.1, -0.05) is 33.6 Å². The van der Waals surface area contributed by atoms with Crippen LogP contribution < -0.4 is 11.1 Å². The maximum absolute atomic E-state index is 12.9. The second-order valence-electron chi connectivity index (χ2n) is 9.20. The minimum absolute atomic E-state index is 0.175. The van der Waals surface area contributed by atoms with Gasteiger partial charge in [0.15, 0.2) is 0 Å². The third-order valence-electron chi connectivity index (χ3n) is 6.39. The van der Waals surface area contributed by atoms with Gasteiger partial charge in [-0.05, 0) is 49.0 Å². The van der Waals surface area contributed by atoms with Crippen LogP contribution in [-0.4, -0.2) is 22.9 Å². The van der Waals surface area contributed by atoms with Crippen molar-refractivity contribution in [3.8, 4) is 0 Å². The van der Waals surface area contributed by atoms with Crippen molar-refractivity contribution in [2.24, 2.45) is 28.9 Å². The lowest BCUT2D eigenvalue weighted by atomic mass is 9.72. The van der Waals surface area contributed by atoms with Gasteiger partial charge in [-0.2, -0.15) is 0 Å². The third-order valence-corrected chi connectivity index (χ3v) is 7.56. The molecule has 0 bridgehead atoms. The topological polar surface area (TPSA) is 109 Å². The summed E-state index contributed by atoms with van der Waals surface area (Å²) in [6.07, 6.45) is 5.40. The predicted octanol–water partition coefficient (Wildman–Crippen LogP) is 3.83. The molecule has 2 aliphatic rings. The molecule has 28 heavy (non-hydrogen) atoms. The fourth-order valence-corrected chi connectivity index (χ4v) is 5.95. The first-order valence-corrected chi connectivity index (χ1v) is 10.9. The number of carbonyl (C=O) groups excluding carboxylic acids is 2. The molecule has 0 aromatic carbocycles. The lowest BCUT2D eigenvalue weighted by Crippen LogP contribution is -2.36. The van der Waals surface area contributed by atoms with E-state index in [1.165, 1.54) is 11.3 Å². The monoisotopic (exact) mass is 406 g/mol. The van der Waals surface area contributed by atoms with E-state index in [9.17, 15) is 19.5 Å². The van der Waals surface area contributed by atoms with Crippen LogP contribution in [-0.2, 0) is 22.4 Å². The second kappa shape index (κ2) is 7.85. The van der Waals surface area contributed by atoms with Crippen LogP contribution in [0.1, 0.15) is 73.7 Å². The second-order valence-corrected chi connectivity index (χ2v) is 10.3. The van der Waals surface area contributed by atoms with Crippen molar-refractivity contribution in [1.29, 1.82) is 0 Å². The Hall–Kier alpha value is -1.89. The summed E-state index contributed by atoms with van der Waals surface area (Å²) in [7, 11) is 0. The number of nitrogens with two attached hydrogens (primary N) is 1. The summed E-state index contributed by atoms with van der Waals surface area (Å²) < 4.78 is 0. The largest absolute Gasteiger partial charge is 0.481 e. The highest BCUT2D eigenvalue weighted by Crippen LogP contribution is 2.44. The van der Waals surface area contributed by atoms with Gasteiger partial charge in [-0.3, -0.25) is 14.4 Å². The molecule has 1 aromatic heterocycles. The van der Waals surface area contributed by atoms with Crippen LogP contribution in [0.4, 0.5) is 5.00 Å². The van der Waals surface area contributed by atoms with E-state index in [1.807, 2.05) is 0 Å². The van der Waals surface area contributed by atoms with Gasteiger partial charge in [-0.15, -0.1) is 11.3 Å². The standard InChI is InChI=1S/C21H30N2O4S/c1-21(2,3)11-8-9-14-15(10-11)28-19(16(14)17(22)24)23-18(25)12-6-4-5-7-13(12)20(26)27/h11-13H,4-10H2,1-3H3,(H2,22,24)(H,23,25)(H,26,27)/t11-,12-,13-/m0/s1. The Morgan fingerprint density at radius 1 is 1.11 bits per heavy atom. The van der Waals surface area contributed by atoms with E-state index in [0.29, 0.717) is 29.3 Å². The van der Waals surface area contributed by atoms with E-state index in [1.54, 1.807) is 0 Å². The van der Waals surface area contributed by atoms with Gasteiger partial charge < -0.3 is 16.2 Å². The average molecular weight is 407 g/mol. The summed E-state index contributed by atoms with van der Waals surface area (Å²) in [6.45, 7) is 6.68. The summed E-state index contributed by atoms with van der Waals surface area (Å²) >= 11 is 1.43. The van der Waals surface area contributed by atoms with E-state index in [2.05, 4.69) is 26.1 Å². The first kappa shape index (κ1) is 20.8. The van der Waals surface area contributed by atoms with Gasteiger partial charge in [0, 0.05) is 4.88 Å². The van der Waals surface area contributed by atoms with Crippen molar-refractivity contribution in [2.75, 3.05) is 5.32 Å². The van der Waals surface area contributed by atoms with Crippen molar-refractivity contribution >= 4 is 34.1 Å². The summed E-state index contributed by atoms with van der Waals surface area (Å²) in [4.78, 5) is 37.7. The van der Waals surface area contributed by atoms with Crippen LogP contribution in [0.25, 0.3) is 0 Å². The van der Waals surface area contributed by atoms with Crippen LogP contribution in [0.3, 0.4) is 0 Å². The Labute approximate surface area is 169 Å². The van der Waals surface area contributed by atoms with E-state index in [0.717, 1.165) is 42.5 Å². The number of carboxylic acid groups (broad SMARTS) is 1. The summed E-state index contributed by atoms with van der Waals surface area (Å²) in [5, 5.41) is 12.8. The van der Waals surface area contributed by atoms with Gasteiger partial charge in [0.2, 0.25) is 5.91 Å². The summed E-state index contributed by atoms with van der Waals surface area (Å²) in [6, 6.07) is 0. The minimum Gasteiger partial charge on any atom is -0.481 e. The molecule has 0 unspecified atom stereocenters. The van der Waals surface area contributed by atoms with Gasteiger partial charge in [0.1, 0.15) is 5.00 Å². The highest BCUT2D eigenvalue weighted by molar-refractivity contribution is 7.17. The Balaban J connectivity index is 1.86. The number of nitrogens with one attached hydrogen (secondary N) is 1. The van der Waals surface area contributed by atoms with Crippen LogP contribution in [0.5, 0.6) is 0 Å². The molecule has 7 heteroatoms. The molecule has 0 spiro atoms. The molecule has 2 aliphatic carbocycles. The number of fused-ring (bicyclic) bond motifs is 1. The van der Waals surface area contributed by atoms with Crippen molar-refractivity contribution < 1.29 is 19.5 Å². The number of carbonyl (C=O) groups is 3. The minimum atomic E-state index is -0.923. The molecule has 0 aliphatic heterocycles. The number of amides is 2. The van der Waals surface area contributed by atoms with Gasteiger partial charge in [0.25, 0.3) is 5.91 Å². The Morgan fingerprint density at radius 3 is 2.32 bits per heavy atom. The zero-order valence-corrected chi connectivity index (χ0v) is 17.7. The van der Waals surface area contributed by atoms with Gasteiger partial charge in [0.05, 0.1) is 17.4 Å². The third kappa shape index (κ3) is 4.09. The number of anilines is 1. The molecule has 3 rings (SSSR count). The molecular weight excluding hydrogens is 376 g/mol. The molecule has 154 valence electrons. The van der Waals surface area contributed by atoms with Crippen LogP contribution in [0, 0.1) is 23.2 Å². The Morgan fingerprint density at radius 2 is 1.75 bits per heavy atom. The molecule has 0 radical (unpaired) electrons. The zero-order chi connectivity index (χ0) is 20.6. The molecule has 6 nitrogen and oxygen atoms in total. The molecule has 1 heterocycles. The van der Waals surface area contributed by atoms with E-state index >= 15 is 0 Å². The van der Waals surface area contributed by atoms with Crippen molar-refractivity contribution in [2.45, 2.75) is 65.7 Å². The van der Waals surface area contributed by atoms with E-state index in [-0.39, 0.29) is 11.3 Å². The first-order valence-electron chi connectivity index (χ1n) is 10.1. The van der Waals surface area contributed by atoms with Crippen LogP contribution >= 0.6 is 11.3 Å². The number of rotatable bonds is 4. The smallest absolute Gasteiger partial charge is 0.307 e. The van der Waals surface area contributed by atoms with E-state index in [4.69, 9.17) is 5.73 Å². The highest BCUT2D eigenvalue weighted by atomic mass is 32.1. The number of hydrogen-bond donors (Lipinski definition) is 3. The van der Waals surface area contributed by atoms with Crippen molar-refractivity contribution in [1.82, 2.24) is 0 Å². The molecule has 2 amide bonds. The quantitative estimate of drug-likeness (QED) is 0.706. The number of thiophene rings is 1. The maximum Gasteiger partial charge on any atom is 0.307 e. The lowest BCUT2D eigenvalue weighted by molar-refractivity contribution is -0.147. The molecule has 4 N–H and O–H groups in total. The number of hydrogen-bond acceptors (Lipinski definition) is 4. The molecule has 3 atom stereocenters. The predicted molar refractivity (Wildman–Crippen MR) is 110 cm³/mol. The number of carboxylic acids is 1. The number of aliphatic carboxylic acids is 1. The SMILES string of the molecule is CC(C)(C)[C@H]1CCc2c(sc(NC(=O)[C@H]3CCCC[C@@H]3C(=O)O)c2C(N)=O)C1. The number of primary amides is 1. The average Bonchev–Trinajstić information content (AvgIpc) is 2.97. The maximum atomic E-state index is 12.9. The van der Waals surface area contributed by atoms with Crippen LogP contribution in [0.15, 0.2) is 0 Å².